The smallest absolute Gasteiger partial charge is 0.252 e. The second-order valence-corrected chi connectivity index (χ2v) is 6.40. The highest BCUT2D eigenvalue weighted by Gasteiger charge is 2.10. The third-order valence-electron chi connectivity index (χ3n) is 2.24. The van der Waals surface area contributed by atoms with E-state index < -0.39 is 0 Å². The number of carbonyl (C=O) groups is 1. The zero-order valence-electron chi connectivity index (χ0n) is 9.54. The summed E-state index contributed by atoms with van der Waals surface area (Å²) in [5, 5.41) is 5.73. The van der Waals surface area contributed by atoms with Gasteiger partial charge in [-0.15, -0.1) is 11.3 Å². The highest BCUT2D eigenvalue weighted by atomic mass is 79.9. The summed E-state index contributed by atoms with van der Waals surface area (Å²) < 4.78 is 1.70. The van der Waals surface area contributed by atoms with Crippen LogP contribution in [0.4, 0.5) is 0 Å². The second kappa shape index (κ2) is 5.95. The molecule has 0 aliphatic heterocycles. The summed E-state index contributed by atoms with van der Waals surface area (Å²) in [7, 11) is 0. The number of benzene rings is 1. The minimum absolute atomic E-state index is 0.109. The molecule has 2 rings (SSSR count). The Morgan fingerprint density at radius 1 is 1.44 bits per heavy atom. The van der Waals surface area contributed by atoms with Crippen molar-refractivity contribution >= 4 is 49.1 Å². The van der Waals surface area contributed by atoms with Crippen LogP contribution >= 0.6 is 43.2 Å². The highest BCUT2D eigenvalue weighted by molar-refractivity contribution is 9.11. The second-order valence-electron chi connectivity index (χ2n) is 3.69. The first-order valence-electron chi connectivity index (χ1n) is 5.20. The molecule has 2 aromatic rings. The summed E-state index contributed by atoms with van der Waals surface area (Å²) in [5.41, 5.74) is 1.60. The number of aryl methyl sites for hydroxylation is 1. The zero-order chi connectivity index (χ0) is 13.1. The molecule has 0 aliphatic rings. The summed E-state index contributed by atoms with van der Waals surface area (Å²) in [6.07, 6.45) is 0. The molecule has 0 fully saturated rings. The van der Waals surface area contributed by atoms with Crippen LogP contribution in [-0.2, 0) is 6.54 Å². The molecule has 18 heavy (non-hydrogen) atoms. The lowest BCUT2D eigenvalue weighted by Gasteiger charge is -2.05. The molecular formula is C12H10Br2N2OS. The van der Waals surface area contributed by atoms with Crippen molar-refractivity contribution in [2.24, 2.45) is 0 Å². The fourth-order valence-corrected chi connectivity index (χ4v) is 3.35. The standard InChI is InChI=1S/C12H10Br2N2OS/c1-7-6-18-11(16-7)5-15-12(17)9-3-2-8(13)4-10(9)14/h2-4,6H,5H2,1H3,(H,15,17). The van der Waals surface area contributed by atoms with Crippen LogP contribution in [0.5, 0.6) is 0 Å². The van der Waals surface area contributed by atoms with Crippen LogP contribution in [0.3, 0.4) is 0 Å². The Morgan fingerprint density at radius 2 is 2.22 bits per heavy atom. The number of halogens is 2. The lowest BCUT2D eigenvalue weighted by Crippen LogP contribution is -2.23. The predicted molar refractivity (Wildman–Crippen MR) is 79.9 cm³/mol. The third-order valence-corrected chi connectivity index (χ3v) is 4.36. The van der Waals surface area contributed by atoms with Crippen LogP contribution in [0.15, 0.2) is 32.5 Å². The Bertz CT molecular complexity index is 583. The van der Waals surface area contributed by atoms with Gasteiger partial charge in [-0.25, -0.2) is 4.98 Å². The van der Waals surface area contributed by atoms with Crippen molar-refractivity contribution in [1.82, 2.24) is 10.3 Å². The Morgan fingerprint density at radius 3 is 2.83 bits per heavy atom. The van der Waals surface area contributed by atoms with E-state index in [4.69, 9.17) is 0 Å². The molecule has 1 amide bonds. The Labute approximate surface area is 126 Å². The lowest BCUT2D eigenvalue weighted by atomic mass is 10.2. The van der Waals surface area contributed by atoms with Gasteiger partial charge in [0.25, 0.3) is 5.91 Å². The quantitative estimate of drug-likeness (QED) is 0.864. The Kier molecular flexibility index (Phi) is 4.53. The van der Waals surface area contributed by atoms with E-state index in [2.05, 4.69) is 42.2 Å². The molecule has 1 aromatic heterocycles. The van der Waals surface area contributed by atoms with Gasteiger partial charge < -0.3 is 5.32 Å². The van der Waals surface area contributed by atoms with Crippen molar-refractivity contribution in [3.8, 4) is 0 Å². The summed E-state index contributed by atoms with van der Waals surface area (Å²) in [6, 6.07) is 5.46. The molecule has 1 aromatic carbocycles. The number of nitrogens with zero attached hydrogens (tertiary/aromatic N) is 1. The number of thiazole rings is 1. The molecule has 0 saturated carbocycles. The van der Waals surface area contributed by atoms with Gasteiger partial charge in [0.05, 0.1) is 12.1 Å². The van der Waals surface area contributed by atoms with Gasteiger partial charge in [0, 0.05) is 20.0 Å². The average Bonchev–Trinajstić information content (AvgIpc) is 2.72. The number of amides is 1. The van der Waals surface area contributed by atoms with E-state index in [9.17, 15) is 4.79 Å². The summed E-state index contributed by atoms with van der Waals surface area (Å²) >= 11 is 8.28. The molecule has 0 saturated heterocycles. The van der Waals surface area contributed by atoms with Crippen molar-refractivity contribution in [2.45, 2.75) is 13.5 Å². The van der Waals surface area contributed by atoms with Gasteiger partial charge in [0.15, 0.2) is 0 Å². The highest BCUT2D eigenvalue weighted by Crippen LogP contribution is 2.22. The molecule has 0 atom stereocenters. The molecule has 0 spiro atoms. The van der Waals surface area contributed by atoms with Crippen LogP contribution in [0.25, 0.3) is 0 Å². The Balaban J connectivity index is 2.03. The van der Waals surface area contributed by atoms with E-state index in [1.165, 1.54) is 0 Å². The number of hydrogen-bond acceptors (Lipinski definition) is 3. The molecule has 6 heteroatoms. The first-order chi connectivity index (χ1) is 8.56. The zero-order valence-corrected chi connectivity index (χ0v) is 13.5. The van der Waals surface area contributed by atoms with Gasteiger partial charge in [-0.2, -0.15) is 0 Å². The van der Waals surface area contributed by atoms with Gasteiger partial charge in [0.1, 0.15) is 5.01 Å². The molecule has 94 valence electrons. The minimum atomic E-state index is -0.109. The normalized spacial score (nSPS) is 10.4. The molecule has 0 radical (unpaired) electrons. The number of carbonyl (C=O) groups excluding carboxylic acids is 1. The maximum absolute atomic E-state index is 12.0. The summed E-state index contributed by atoms with van der Waals surface area (Å²) in [4.78, 5) is 16.3. The van der Waals surface area contributed by atoms with Crippen molar-refractivity contribution in [2.75, 3.05) is 0 Å². The Hall–Kier alpha value is -0.720. The van der Waals surface area contributed by atoms with E-state index in [0.717, 1.165) is 19.6 Å². The SMILES string of the molecule is Cc1csc(CNC(=O)c2ccc(Br)cc2Br)n1. The monoisotopic (exact) mass is 388 g/mol. The van der Waals surface area contributed by atoms with E-state index in [-0.39, 0.29) is 5.91 Å². The van der Waals surface area contributed by atoms with Crippen LogP contribution < -0.4 is 5.32 Å². The average molecular weight is 390 g/mol. The number of aromatic nitrogens is 1. The van der Waals surface area contributed by atoms with Gasteiger partial charge in [-0.05, 0) is 41.1 Å². The molecular weight excluding hydrogens is 380 g/mol. The topological polar surface area (TPSA) is 42.0 Å². The van der Waals surface area contributed by atoms with E-state index >= 15 is 0 Å². The first-order valence-corrected chi connectivity index (χ1v) is 7.67. The van der Waals surface area contributed by atoms with Gasteiger partial charge in [0.2, 0.25) is 0 Å². The molecule has 1 N–H and O–H groups in total. The lowest BCUT2D eigenvalue weighted by molar-refractivity contribution is 0.0950. The van der Waals surface area contributed by atoms with E-state index in [0.29, 0.717) is 12.1 Å². The van der Waals surface area contributed by atoms with E-state index in [1.54, 1.807) is 17.4 Å². The van der Waals surface area contributed by atoms with Crippen LogP contribution in [0.1, 0.15) is 21.1 Å². The molecule has 0 aliphatic carbocycles. The van der Waals surface area contributed by atoms with E-state index in [1.807, 2.05) is 24.4 Å². The van der Waals surface area contributed by atoms with Crippen molar-refractivity contribution in [1.29, 1.82) is 0 Å². The molecule has 0 unspecified atom stereocenters. The van der Waals surface area contributed by atoms with Crippen molar-refractivity contribution < 1.29 is 4.79 Å². The third kappa shape index (κ3) is 3.40. The maximum atomic E-state index is 12.0. The maximum Gasteiger partial charge on any atom is 0.252 e. The minimum Gasteiger partial charge on any atom is -0.345 e. The van der Waals surface area contributed by atoms with Gasteiger partial charge in [-0.1, -0.05) is 15.9 Å². The van der Waals surface area contributed by atoms with Crippen LogP contribution in [0, 0.1) is 6.92 Å². The fraction of sp³-hybridized carbons (Fsp3) is 0.167. The molecule has 3 nitrogen and oxygen atoms in total. The molecule has 0 bridgehead atoms. The van der Waals surface area contributed by atoms with Gasteiger partial charge >= 0.3 is 0 Å². The summed E-state index contributed by atoms with van der Waals surface area (Å²) in [5.74, 6) is -0.109. The first kappa shape index (κ1) is 13.7. The van der Waals surface area contributed by atoms with Crippen molar-refractivity contribution in [3.05, 3.63) is 48.8 Å². The van der Waals surface area contributed by atoms with Gasteiger partial charge in [-0.3, -0.25) is 4.79 Å². The number of nitrogens with one attached hydrogen (secondary N) is 1. The summed E-state index contributed by atoms with van der Waals surface area (Å²) in [6.45, 7) is 2.40. The number of rotatable bonds is 3. The fourth-order valence-electron chi connectivity index (χ4n) is 1.41. The largest absolute Gasteiger partial charge is 0.345 e. The molecule has 1 heterocycles. The van der Waals surface area contributed by atoms with Crippen LogP contribution in [0.2, 0.25) is 0 Å². The predicted octanol–water partition coefficient (Wildman–Crippen LogP) is 3.91. The number of hydrogen-bond donors (Lipinski definition) is 1. The van der Waals surface area contributed by atoms with Crippen LogP contribution in [-0.4, -0.2) is 10.9 Å². The van der Waals surface area contributed by atoms with Crippen molar-refractivity contribution in [3.63, 3.8) is 0 Å².